The number of furan rings is 1. The first kappa shape index (κ1) is 9.71. The van der Waals surface area contributed by atoms with Crippen molar-refractivity contribution in [3.63, 3.8) is 0 Å². The Hall–Kier alpha value is -0.840. The van der Waals surface area contributed by atoms with Crippen molar-refractivity contribution in [3.8, 4) is 0 Å². The number of likely N-dealkylation sites (N-methyl/N-ethyl adjacent to an activating group) is 1. The molecule has 1 atom stereocenters. The van der Waals surface area contributed by atoms with Gasteiger partial charge in [0.2, 0.25) is 0 Å². The van der Waals surface area contributed by atoms with Crippen LogP contribution < -0.4 is 5.73 Å². The average molecular weight is 196 g/mol. The Labute approximate surface area is 83.6 Å². The van der Waals surface area contributed by atoms with E-state index in [1.165, 1.54) is 0 Å². The summed E-state index contributed by atoms with van der Waals surface area (Å²) in [6.45, 7) is 2.77. The van der Waals surface area contributed by atoms with E-state index < -0.39 is 0 Å². The van der Waals surface area contributed by atoms with Crippen LogP contribution in [0.1, 0.15) is 5.76 Å². The van der Waals surface area contributed by atoms with Crippen LogP contribution in [0.3, 0.4) is 0 Å². The third-order valence-corrected chi connectivity index (χ3v) is 2.96. The van der Waals surface area contributed by atoms with E-state index in [0.717, 1.165) is 18.9 Å². The molecule has 0 aromatic carbocycles. The summed E-state index contributed by atoms with van der Waals surface area (Å²) in [4.78, 5) is 2.20. The van der Waals surface area contributed by atoms with Gasteiger partial charge >= 0.3 is 0 Å². The summed E-state index contributed by atoms with van der Waals surface area (Å²) in [7, 11) is 2.05. The van der Waals surface area contributed by atoms with Crippen LogP contribution in [0, 0.1) is 0 Å². The molecule has 0 radical (unpaired) electrons. The van der Waals surface area contributed by atoms with E-state index in [1.807, 2.05) is 12.1 Å². The van der Waals surface area contributed by atoms with Gasteiger partial charge in [-0.25, -0.2) is 0 Å². The highest BCUT2D eigenvalue weighted by Crippen LogP contribution is 2.29. The van der Waals surface area contributed by atoms with Crippen molar-refractivity contribution in [2.75, 3.05) is 33.4 Å². The molecule has 0 spiro atoms. The van der Waals surface area contributed by atoms with Crippen molar-refractivity contribution in [3.05, 3.63) is 24.2 Å². The van der Waals surface area contributed by atoms with Crippen LogP contribution in [0.2, 0.25) is 0 Å². The molecule has 1 saturated heterocycles. The van der Waals surface area contributed by atoms with Gasteiger partial charge in [-0.15, -0.1) is 0 Å². The van der Waals surface area contributed by atoms with Crippen molar-refractivity contribution >= 4 is 0 Å². The van der Waals surface area contributed by atoms with Gasteiger partial charge in [0.1, 0.15) is 11.3 Å². The maximum absolute atomic E-state index is 5.84. The van der Waals surface area contributed by atoms with Gasteiger partial charge < -0.3 is 14.9 Å². The Morgan fingerprint density at radius 1 is 1.64 bits per heavy atom. The fourth-order valence-electron chi connectivity index (χ4n) is 1.88. The number of morpholine rings is 1. The van der Waals surface area contributed by atoms with Crippen LogP contribution >= 0.6 is 0 Å². The van der Waals surface area contributed by atoms with Crippen LogP contribution in [-0.2, 0) is 10.3 Å². The minimum Gasteiger partial charge on any atom is -0.467 e. The number of nitrogens with zero attached hydrogens (tertiary/aromatic N) is 1. The first-order chi connectivity index (χ1) is 6.79. The molecule has 1 aromatic heterocycles. The minimum absolute atomic E-state index is 0.276. The molecule has 0 bridgehead atoms. The number of hydrogen-bond acceptors (Lipinski definition) is 4. The van der Waals surface area contributed by atoms with Crippen molar-refractivity contribution in [2.24, 2.45) is 5.73 Å². The molecule has 0 saturated carbocycles. The summed E-state index contributed by atoms with van der Waals surface area (Å²) >= 11 is 0. The number of hydrogen-bond donors (Lipinski definition) is 1. The fraction of sp³-hybridized carbons (Fsp3) is 0.600. The van der Waals surface area contributed by atoms with Gasteiger partial charge in [-0.3, -0.25) is 4.90 Å². The fourth-order valence-corrected chi connectivity index (χ4v) is 1.88. The first-order valence-corrected chi connectivity index (χ1v) is 4.82. The van der Waals surface area contributed by atoms with Crippen LogP contribution in [-0.4, -0.2) is 38.3 Å². The SMILES string of the molecule is CN1CCOCC1(CN)c1ccco1. The lowest BCUT2D eigenvalue weighted by Crippen LogP contribution is -2.56. The van der Waals surface area contributed by atoms with Crippen LogP contribution in [0.25, 0.3) is 0 Å². The zero-order valence-electron chi connectivity index (χ0n) is 8.40. The Morgan fingerprint density at radius 3 is 3.07 bits per heavy atom. The minimum atomic E-state index is -0.276. The monoisotopic (exact) mass is 196 g/mol. The van der Waals surface area contributed by atoms with Crippen LogP contribution in [0.15, 0.2) is 22.8 Å². The molecule has 4 nitrogen and oxygen atoms in total. The van der Waals surface area contributed by atoms with Gasteiger partial charge in [0, 0.05) is 13.1 Å². The molecule has 4 heteroatoms. The van der Waals surface area contributed by atoms with E-state index in [2.05, 4.69) is 11.9 Å². The van der Waals surface area contributed by atoms with E-state index in [9.17, 15) is 0 Å². The molecule has 1 aromatic rings. The average Bonchev–Trinajstić information content (AvgIpc) is 2.72. The lowest BCUT2D eigenvalue weighted by molar-refractivity contribution is -0.0646. The van der Waals surface area contributed by atoms with Gasteiger partial charge in [-0.2, -0.15) is 0 Å². The highest BCUT2D eigenvalue weighted by atomic mass is 16.5. The van der Waals surface area contributed by atoms with E-state index >= 15 is 0 Å². The normalized spacial score (nSPS) is 29.3. The van der Waals surface area contributed by atoms with Gasteiger partial charge in [0.25, 0.3) is 0 Å². The summed E-state index contributed by atoms with van der Waals surface area (Å²) in [6, 6.07) is 3.84. The highest BCUT2D eigenvalue weighted by Gasteiger charge is 2.40. The predicted octanol–water partition coefficient (Wildman–Crippen LogP) is 0.396. The maximum atomic E-state index is 5.84. The molecule has 2 rings (SSSR count). The van der Waals surface area contributed by atoms with E-state index in [0.29, 0.717) is 13.2 Å². The summed E-state index contributed by atoms with van der Waals surface area (Å²) in [5, 5.41) is 0. The van der Waals surface area contributed by atoms with Gasteiger partial charge in [0.15, 0.2) is 0 Å². The van der Waals surface area contributed by atoms with Crippen molar-refractivity contribution < 1.29 is 9.15 Å². The Kier molecular flexibility index (Phi) is 2.58. The quantitative estimate of drug-likeness (QED) is 0.743. The molecule has 1 aliphatic heterocycles. The molecule has 2 heterocycles. The second-order valence-corrected chi connectivity index (χ2v) is 3.69. The molecule has 14 heavy (non-hydrogen) atoms. The first-order valence-electron chi connectivity index (χ1n) is 4.82. The molecular formula is C10H16N2O2. The number of ether oxygens (including phenoxy) is 1. The zero-order chi connectivity index (χ0) is 10.0. The van der Waals surface area contributed by atoms with Crippen molar-refractivity contribution in [2.45, 2.75) is 5.54 Å². The molecule has 0 amide bonds. The third kappa shape index (κ3) is 1.35. The molecule has 1 unspecified atom stereocenters. The largest absolute Gasteiger partial charge is 0.467 e. The summed E-state index contributed by atoms with van der Waals surface area (Å²) in [5.41, 5.74) is 5.56. The van der Waals surface area contributed by atoms with E-state index in [1.54, 1.807) is 6.26 Å². The van der Waals surface area contributed by atoms with Gasteiger partial charge in [-0.05, 0) is 19.2 Å². The third-order valence-electron chi connectivity index (χ3n) is 2.96. The lowest BCUT2D eigenvalue weighted by Gasteiger charge is -2.42. The number of rotatable bonds is 2. The molecule has 0 aliphatic carbocycles. The van der Waals surface area contributed by atoms with Gasteiger partial charge in [0.05, 0.1) is 19.5 Å². The summed E-state index contributed by atoms with van der Waals surface area (Å²) in [6.07, 6.45) is 1.68. The zero-order valence-corrected chi connectivity index (χ0v) is 8.40. The lowest BCUT2D eigenvalue weighted by atomic mass is 9.94. The van der Waals surface area contributed by atoms with Gasteiger partial charge in [-0.1, -0.05) is 0 Å². The van der Waals surface area contributed by atoms with E-state index in [4.69, 9.17) is 14.9 Å². The standard InChI is InChI=1S/C10H16N2O2/c1-12-4-6-13-8-10(12,7-11)9-3-2-5-14-9/h2-3,5H,4,6-8,11H2,1H3. The van der Waals surface area contributed by atoms with Crippen LogP contribution in [0.5, 0.6) is 0 Å². The van der Waals surface area contributed by atoms with Crippen LogP contribution in [0.4, 0.5) is 0 Å². The molecule has 78 valence electrons. The van der Waals surface area contributed by atoms with Crippen molar-refractivity contribution in [1.29, 1.82) is 0 Å². The number of nitrogens with two attached hydrogens (primary N) is 1. The Bertz CT molecular complexity index is 286. The topological polar surface area (TPSA) is 51.6 Å². The highest BCUT2D eigenvalue weighted by molar-refractivity contribution is 5.15. The molecule has 1 aliphatic rings. The molecular weight excluding hydrogens is 180 g/mol. The van der Waals surface area contributed by atoms with E-state index in [-0.39, 0.29) is 5.54 Å². The molecule has 1 fully saturated rings. The maximum Gasteiger partial charge on any atom is 0.127 e. The second kappa shape index (κ2) is 3.73. The smallest absolute Gasteiger partial charge is 0.127 e. The predicted molar refractivity (Wildman–Crippen MR) is 52.9 cm³/mol. The summed E-state index contributed by atoms with van der Waals surface area (Å²) in [5.74, 6) is 0.891. The Balaban J connectivity index is 2.32. The molecule has 2 N–H and O–H groups in total. The Morgan fingerprint density at radius 2 is 2.50 bits per heavy atom. The summed E-state index contributed by atoms with van der Waals surface area (Å²) < 4.78 is 10.9. The van der Waals surface area contributed by atoms with Crippen molar-refractivity contribution in [1.82, 2.24) is 4.90 Å². The second-order valence-electron chi connectivity index (χ2n) is 3.69.